The number of hydrogen-bond acceptors (Lipinski definition) is 3. The third kappa shape index (κ3) is 2.61. The fourth-order valence-electron chi connectivity index (χ4n) is 2.04. The molecule has 16 heavy (non-hydrogen) atoms. The van der Waals surface area contributed by atoms with Crippen LogP contribution in [-0.2, 0) is 11.3 Å². The Morgan fingerprint density at radius 3 is 2.62 bits per heavy atom. The maximum absolute atomic E-state index is 11.1. The summed E-state index contributed by atoms with van der Waals surface area (Å²) < 4.78 is 5.31. The van der Waals surface area contributed by atoms with E-state index < -0.39 is 0 Å². The summed E-state index contributed by atoms with van der Waals surface area (Å²) in [6.45, 7) is 2.62. The third-order valence-corrected chi connectivity index (χ3v) is 3.00. The van der Waals surface area contributed by atoms with Crippen molar-refractivity contribution in [2.75, 3.05) is 20.2 Å². The minimum Gasteiger partial charge on any atom is -0.496 e. The van der Waals surface area contributed by atoms with Crippen LogP contribution in [0.5, 0.6) is 5.75 Å². The summed E-state index contributed by atoms with van der Waals surface area (Å²) in [5, 5.41) is 0. The van der Waals surface area contributed by atoms with E-state index in [-0.39, 0.29) is 0 Å². The average Bonchev–Trinajstić information content (AvgIpc) is 2.33. The monoisotopic (exact) mass is 219 g/mol. The Labute approximate surface area is 96.0 Å². The number of carbonyl (C=O) groups excluding carboxylic acids is 1. The van der Waals surface area contributed by atoms with Gasteiger partial charge in [0, 0.05) is 38.0 Å². The van der Waals surface area contributed by atoms with Gasteiger partial charge < -0.3 is 4.74 Å². The molecule has 1 fully saturated rings. The molecule has 1 saturated heterocycles. The second kappa shape index (κ2) is 5.12. The number of para-hydroxylation sites is 1. The van der Waals surface area contributed by atoms with Crippen molar-refractivity contribution in [1.29, 1.82) is 0 Å². The lowest BCUT2D eigenvalue weighted by atomic mass is 10.1. The molecule has 0 atom stereocenters. The van der Waals surface area contributed by atoms with Gasteiger partial charge in [-0.2, -0.15) is 0 Å². The largest absolute Gasteiger partial charge is 0.496 e. The van der Waals surface area contributed by atoms with Crippen LogP contribution in [0.3, 0.4) is 0 Å². The minimum absolute atomic E-state index is 0.385. The van der Waals surface area contributed by atoms with Gasteiger partial charge in [-0.15, -0.1) is 0 Å². The minimum atomic E-state index is 0.385. The van der Waals surface area contributed by atoms with Gasteiger partial charge >= 0.3 is 0 Å². The van der Waals surface area contributed by atoms with Crippen molar-refractivity contribution < 1.29 is 9.53 Å². The van der Waals surface area contributed by atoms with E-state index in [1.807, 2.05) is 18.2 Å². The van der Waals surface area contributed by atoms with Crippen LogP contribution in [0, 0.1) is 0 Å². The molecule has 0 spiro atoms. The predicted molar refractivity (Wildman–Crippen MR) is 62.5 cm³/mol. The van der Waals surface area contributed by atoms with Gasteiger partial charge in [0.1, 0.15) is 11.5 Å². The Morgan fingerprint density at radius 1 is 1.25 bits per heavy atom. The molecule has 0 amide bonds. The molecule has 1 aliphatic heterocycles. The average molecular weight is 219 g/mol. The highest BCUT2D eigenvalue weighted by atomic mass is 16.5. The van der Waals surface area contributed by atoms with E-state index in [0.717, 1.165) is 25.4 Å². The van der Waals surface area contributed by atoms with Gasteiger partial charge in [-0.05, 0) is 6.07 Å². The number of benzene rings is 1. The van der Waals surface area contributed by atoms with Crippen molar-refractivity contribution in [3.8, 4) is 5.75 Å². The number of likely N-dealkylation sites (tertiary alicyclic amines) is 1. The number of rotatable bonds is 3. The molecule has 1 aromatic rings. The van der Waals surface area contributed by atoms with Crippen molar-refractivity contribution in [3.63, 3.8) is 0 Å². The molecular weight excluding hydrogens is 202 g/mol. The molecule has 0 aliphatic carbocycles. The highest BCUT2D eigenvalue weighted by Crippen LogP contribution is 2.20. The Kier molecular flexibility index (Phi) is 3.57. The number of piperidine rings is 1. The van der Waals surface area contributed by atoms with Crippen LogP contribution in [0.1, 0.15) is 18.4 Å². The molecule has 1 aliphatic rings. The smallest absolute Gasteiger partial charge is 0.135 e. The number of methoxy groups -OCH3 is 1. The van der Waals surface area contributed by atoms with Crippen LogP contribution in [0.25, 0.3) is 0 Å². The molecule has 0 N–H and O–H groups in total. The van der Waals surface area contributed by atoms with Crippen molar-refractivity contribution in [2.24, 2.45) is 0 Å². The fourth-order valence-corrected chi connectivity index (χ4v) is 2.04. The summed E-state index contributed by atoms with van der Waals surface area (Å²) in [6.07, 6.45) is 1.38. The summed E-state index contributed by atoms with van der Waals surface area (Å²) >= 11 is 0. The maximum atomic E-state index is 11.1. The standard InChI is InChI=1S/C13H17NO2/c1-16-13-5-3-2-4-11(13)10-14-8-6-12(15)7-9-14/h2-5H,6-10H2,1H3. The zero-order valence-electron chi connectivity index (χ0n) is 9.61. The SMILES string of the molecule is COc1ccccc1CN1CCC(=O)CC1. The molecule has 1 aromatic carbocycles. The van der Waals surface area contributed by atoms with Crippen molar-refractivity contribution >= 4 is 5.78 Å². The van der Waals surface area contributed by atoms with Gasteiger partial charge in [0.2, 0.25) is 0 Å². The number of Topliss-reactive ketones (excluding diaryl/α,β-unsaturated/α-hetero) is 1. The fraction of sp³-hybridized carbons (Fsp3) is 0.462. The number of ether oxygens (including phenoxy) is 1. The highest BCUT2D eigenvalue weighted by molar-refractivity contribution is 5.79. The Hall–Kier alpha value is -1.35. The van der Waals surface area contributed by atoms with Crippen LogP contribution in [-0.4, -0.2) is 30.9 Å². The normalized spacial score (nSPS) is 17.4. The molecule has 3 heteroatoms. The molecule has 0 bridgehead atoms. The number of nitrogens with zero attached hydrogens (tertiary/aromatic N) is 1. The molecule has 1 heterocycles. The second-order valence-electron chi connectivity index (χ2n) is 4.13. The van der Waals surface area contributed by atoms with Crippen molar-refractivity contribution in [3.05, 3.63) is 29.8 Å². The molecule has 0 radical (unpaired) electrons. The highest BCUT2D eigenvalue weighted by Gasteiger charge is 2.17. The summed E-state index contributed by atoms with van der Waals surface area (Å²) in [7, 11) is 1.69. The van der Waals surface area contributed by atoms with E-state index >= 15 is 0 Å². The first-order valence-electron chi connectivity index (χ1n) is 5.65. The molecule has 0 aromatic heterocycles. The van der Waals surface area contributed by atoms with E-state index in [1.54, 1.807) is 7.11 Å². The summed E-state index contributed by atoms with van der Waals surface area (Å²) in [6, 6.07) is 8.05. The lowest BCUT2D eigenvalue weighted by molar-refractivity contribution is -0.121. The van der Waals surface area contributed by atoms with Crippen LogP contribution in [0.2, 0.25) is 0 Å². The molecule has 0 unspecified atom stereocenters. The Balaban J connectivity index is 2.00. The zero-order valence-corrected chi connectivity index (χ0v) is 9.61. The summed E-state index contributed by atoms with van der Waals surface area (Å²) in [5.41, 5.74) is 1.19. The molecule has 86 valence electrons. The van der Waals surface area contributed by atoms with Crippen LogP contribution in [0.15, 0.2) is 24.3 Å². The van der Waals surface area contributed by atoms with Gasteiger partial charge in [0.15, 0.2) is 0 Å². The van der Waals surface area contributed by atoms with Crippen molar-refractivity contribution in [2.45, 2.75) is 19.4 Å². The lowest BCUT2D eigenvalue weighted by Crippen LogP contribution is -2.33. The molecule has 0 saturated carbocycles. The number of hydrogen-bond donors (Lipinski definition) is 0. The molecule has 2 rings (SSSR count). The first-order valence-corrected chi connectivity index (χ1v) is 5.65. The predicted octanol–water partition coefficient (Wildman–Crippen LogP) is 1.86. The van der Waals surface area contributed by atoms with Gasteiger partial charge in [0.05, 0.1) is 7.11 Å². The van der Waals surface area contributed by atoms with E-state index in [0.29, 0.717) is 18.6 Å². The number of ketones is 1. The van der Waals surface area contributed by atoms with E-state index in [9.17, 15) is 4.79 Å². The Morgan fingerprint density at radius 2 is 1.94 bits per heavy atom. The van der Waals surface area contributed by atoms with E-state index in [4.69, 9.17) is 4.74 Å². The summed E-state index contributed by atoms with van der Waals surface area (Å²) in [4.78, 5) is 13.4. The number of carbonyl (C=O) groups is 1. The van der Waals surface area contributed by atoms with Gasteiger partial charge in [-0.1, -0.05) is 18.2 Å². The zero-order chi connectivity index (χ0) is 11.4. The van der Waals surface area contributed by atoms with Crippen LogP contribution >= 0.6 is 0 Å². The lowest BCUT2D eigenvalue weighted by Gasteiger charge is -2.26. The van der Waals surface area contributed by atoms with Gasteiger partial charge in [0.25, 0.3) is 0 Å². The van der Waals surface area contributed by atoms with E-state index in [1.165, 1.54) is 5.56 Å². The first kappa shape index (κ1) is 11.1. The third-order valence-electron chi connectivity index (χ3n) is 3.00. The van der Waals surface area contributed by atoms with Crippen LogP contribution in [0.4, 0.5) is 0 Å². The topological polar surface area (TPSA) is 29.5 Å². The quantitative estimate of drug-likeness (QED) is 0.777. The van der Waals surface area contributed by atoms with E-state index in [2.05, 4.69) is 11.0 Å². The first-order chi connectivity index (χ1) is 7.79. The van der Waals surface area contributed by atoms with Crippen LogP contribution < -0.4 is 4.74 Å². The molecular formula is C13H17NO2. The Bertz CT molecular complexity index is 366. The molecule has 3 nitrogen and oxygen atoms in total. The summed E-state index contributed by atoms with van der Waals surface area (Å²) in [5.74, 6) is 1.32. The van der Waals surface area contributed by atoms with Gasteiger partial charge in [-0.3, -0.25) is 9.69 Å². The van der Waals surface area contributed by atoms with Crippen molar-refractivity contribution in [1.82, 2.24) is 4.90 Å². The maximum Gasteiger partial charge on any atom is 0.135 e. The second-order valence-corrected chi connectivity index (χ2v) is 4.13. The van der Waals surface area contributed by atoms with Gasteiger partial charge in [-0.25, -0.2) is 0 Å².